The Morgan fingerprint density at radius 3 is 2.65 bits per heavy atom. The smallest absolute Gasteiger partial charge is 0.320 e. The molecule has 0 saturated carbocycles. The molecule has 0 spiro atoms. The Kier molecular flexibility index (Phi) is 6.28. The van der Waals surface area contributed by atoms with Crippen molar-refractivity contribution in [2.45, 2.75) is 20.3 Å². The molecule has 0 bridgehead atoms. The number of nitrogens with zero attached hydrogens (tertiary/aromatic N) is 1. The van der Waals surface area contributed by atoms with Crippen molar-refractivity contribution in [2.24, 2.45) is 0 Å². The molecule has 1 heterocycles. The molecule has 2 aromatic rings. The molecule has 23 heavy (non-hydrogen) atoms. The quantitative estimate of drug-likeness (QED) is 0.781. The fourth-order valence-corrected chi connectivity index (χ4v) is 2.01. The molecular formula is C16H21N3O4. The van der Waals surface area contributed by atoms with Crippen LogP contribution < -0.4 is 20.1 Å². The maximum Gasteiger partial charge on any atom is 0.320 e. The Labute approximate surface area is 134 Å². The molecule has 0 fully saturated rings. The van der Waals surface area contributed by atoms with Gasteiger partial charge in [-0.25, -0.2) is 4.79 Å². The Hall–Kier alpha value is -2.70. The van der Waals surface area contributed by atoms with Crippen LogP contribution in [0.2, 0.25) is 0 Å². The van der Waals surface area contributed by atoms with Crippen LogP contribution >= 0.6 is 0 Å². The van der Waals surface area contributed by atoms with Gasteiger partial charge in [-0.1, -0.05) is 11.2 Å². The minimum atomic E-state index is -0.324. The molecule has 0 aliphatic rings. The van der Waals surface area contributed by atoms with Crippen LogP contribution in [0.3, 0.4) is 0 Å². The zero-order valence-electron chi connectivity index (χ0n) is 13.3. The molecule has 124 valence electrons. The fraction of sp³-hybridized carbons (Fsp3) is 0.375. The summed E-state index contributed by atoms with van der Waals surface area (Å²) in [6, 6.07) is 7.03. The van der Waals surface area contributed by atoms with E-state index in [9.17, 15) is 4.79 Å². The van der Waals surface area contributed by atoms with Crippen molar-refractivity contribution in [3.63, 3.8) is 0 Å². The zero-order valence-corrected chi connectivity index (χ0v) is 13.3. The third-order valence-electron chi connectivity index (χ3n) is 2.99. The Bertz CT molecular complexity index is 614. The number of amides is 2. The second-order valence-corrected chi connectivity index (χ2v) is 4.66. The predicted octanol–water partition coefficient (Wildman–Crippen LogP) is 2.84. The van der Waals surface area contributed by atoms with Gasteiger partial charge >= 0.3 is 6.03 Å². The second-order valence-electron chi connectivity index (χ2n) is 4.66. The van der Waals surface area contributed by atoms with Gasteiger partial charge < -0.3 is 19.3 Å². The number of hydrogen-bond donors (Lipinski definition) is 2. The van der Waals surface area contributed by atoms with Gasteiger partial charge in [0.2, 0.25) is 0 Å². The van der Waals surface area contributed by atoms with Crippen molar-refractivity contribution in [1.29, 1.82) is 0 Å². The zero-order chi connectivity index (χ0) is 16.5. The molecule has 0 aliphatic heterocycles. The molecule has 7 nitrogen and oxygen atoms in total. The highest BCUT2D eigenvalue weighted by Gasteiger charge is 2.07. The van der Waals surface area contributed by atoms with Gasteiger partial charge in [-0.2, -0.15) is 0 Å². The van der Waals surface area contributed by atoms with E-state index in [0.29, 0.717) is 32.0 Å². The second kappa shape index (κ2) is 8.67. The van der Waals surface area contributed by atoms with E-state index in [-0.39, 0.29) is 6.03 Å². The molecule has 2 rings (SSSR count). The molecular weight excluding hydrogens is 298 g/mol. The number of hydrogen-bond acceptors (Lipinski definition) is 5. The summed E-state index contributed by atoms with van der Waals surface area (Å²) in [6.45, 7) is 5.51. The van der Waals surface area contributed by atoms with Gasteiger partial charge in [-0.15, -0.1) is 0 Å². The lowest BCUT2D eigenvalue weighted by Gasteiger charge is -2.12. The highest BCUT2D eigenvalue weighted by molar-refractivity contribution is 5.87. The van der Waals surface area contributed by atoms with E-state index in [1.807, 2.05) is 32.0 Å². The van der Waals surface area contributed by atoms with Gasteiger partial charge in [-0.05, 0) is 38.0 Å². The van der Waals surface area contributed by atoms with E-state index in [0.717, 1.165) is 17.1 Å². The number of ether oxygens (including phenoxy) is 2. The highest BCUT2D eigenvalue weighted by atomic mass is 16.5. The SMILES string of the molecule is CCOc1ccc(CCNC(=O)Nc2ccon2)cc1OCC. The van der Waals surface area contributed by atoms with Crippen LogP contribution in [0.25, 0.3) is 0 Å². The molecule has 0 unspecified atom stereocenters. The predicted molar refractivity (Wildman–Crippen MR) is 86.0 cm³/mol. The number of carbonyl (C=O) groups is 1. The first kappa shape index (κ1) is 16.7. The van der Waals surface area contributed by atoms with Gasteiger partial charge in [0.05, 0.1) is 13.2 Å². The van der Waals surface area contributed by atoms with Crippen LogP contribution in [0.15, 0.2) is 35.1 Å². The molecule has 2 amide bonds. The van der Waals surface area contributed by atoms with Crippen molar-refractivity contribution in [1.82, 2.24) is 10.5 Å². The average molecular weight is 319 g/mol. The summed E-state index contributed by atoms with van der Waals surface area (Å²) >= 11 is 0. The fourth-order valence-electron chi connectivity index (χ4n) is 2.01. The van der Waals surface area contributed by atoms with Gasteiger partial charge in [0.1, 0.15) is 6.26 Å². The minimum absolute atomic E-state index is 0.324. The van der Waals surface area contributed by atoms with Crippen molar-refractivity contribution >= 4 is 11.8 Å². The van der Waals surface area contributed by atoms with E-state index in [4.69, 9.17) is 9.47 Å². The Morgan fingerprint density at radius 2 is 1.96 bits per heavy atom. The normalized spacial score (nSPS) is 10.2. The molecule has 0 radical (unpaired) electrons. The van der Waals surface area contributed by atoms with Crippen molar-refractivity contribution in [2.75, 3.05) is 25.1 Å². The first-order valence-electron chi connectivity index (χ1n) is 7.56. The maximum atomic E-state index is 11.7. The summed E-state index contributed by atoms with van der Waals surface area (Å²) < 4.78 is 15.7. The van der Waals surface area contributed by atoms with Crippen LogP contribution in [0, 0.1) is 0 Å². The molecule has 7 heteroatoms. The number of aromatic nitrogens is 1. The molecule has 1 aromatic heterocycles. The van der Waals surface area contributed by atoms with Crippen LogP contribution in [0.1, 0.15) is 19.4 Å². The van der Waals surface area contributed by atoms with Gasteiger partial charge in [0.15, 0.2) is 17.3 Å². The van der Waals surface area contributed by atoms with Gasteiger partial charge in [0.25, 0.3) is 0 Å². The standard InChI is InChI=1S/C16H21N3O4/c1-3-21-13-6-5-12(11-14(13)22-4-2)7-9-17-16(20)18-15-8-10-23-19-15/h5-6,8,10-11H,3-4,7,9H2,1-2H3,(H2,17,18,19,20). The first-order chi connectivity index (χ1) is 11.2. The number of benzene rings is 1. The highest BCUT2D eigenvalue weighted by Crippen LogP contribution is 2.28. The van der Waals surface area contributed by atoms with Crippen LogP contribution in [0.4, 0.5) is 10.6 Å². The van der Waals surface area contributed by atoms with Crippen molar-refractivity contribution in [3.8, 4) is 11.5 Å². The topological polar surface area (TPSA) is 85.6 Å². The summed E-state index contributed by atoms with van der Waals surface area (Å²) in [6.07, 6.45) is 2.07. The summed E-state index contributed by atoms with van der Waals surface area (Å²) in [4.78, 5) is 11.7. The lowest BCUT2D eigenvalue weighted by atomic mass is 10.1. The monoisotopic (exact) mass is 319 g/mol. The summed E-state index contributed by atoms with van der Waals surface area (Å²) in [5.74, 6) is 1.83. The number of anilines is 1. The van der Waals surface area contributed by atoms with E-state index in [2.05, 4.69) is 20.3 Å². The van der Waals surface area contributed by atoms with E-state index < -0.39 is 0 Å². The molecule has 0 saturated heterocycles. The summed E-state index contributed by atoms with van der Waals surface area (Å²) in [5, 5.41) is 8.93. The van der Waals surface area contributed by atoms with E-state index in [1.54, 1.807) is 6.07 Å². The van der Waals surface area contributed by atoms with Crippen molar-refractivity contribution in [3.05, 3.63) is 36.1 Å². The van der Waals surface area contributed by atoms with E-state index >= 15 is 0 Å². The third kappa shape index (κ3) is 5.21. The van der Waals surface area contributed by atoms with E-state index in [1.165, 1.54) is 6.26 Å². The Morgan fingerprint density at radius 1 is 1.17 bits per heavy atom. The lowest BCUT2D eigenvalue weighted by Crippen LogP contribution is -2.30. The number of rotatable bonds is 8. The van der Waals surface area contributed by atoms with Crippen LogP contribution in [-0.4, -0.2) is 30.9 Å². The first-order valence-corrected chi connectivity index (χ1v) is 7.56. The number of urea groups is 1. The minimum Gasteiger partial charge on any atom is -0.490 e. The number of carbonyl (C=O) groups excluding carboxylic acids is 1. The third-order valence-corrected chi connectivity index (χ3v) is 2.99. The average Bonchev–Trinajstić information content (AvgIpc) is 3.03. The Balaban J connectivity index is 1.85. The van der Waals surface area contributed by atoms with Gasteiger partial charge in [0, 0.05) is 12.6 Å². The van der Waals surface area contributed by atoms with Gasteiger partial charge in [-0.3, -0.25) is 5.32 Å². The molecule has 2 N–H and O–H groups in total. The summed E-state index contributed by atoms with van der Waals surface area (Å²) in [5.41, 5.74) is 1.05. The largest absolute Gasteiger partial charge is 0.490 e. The molecule has 0 atom stereocenters. The van der Waals surface area contributed by atoms with Crippen LogP contribution in [-0.2, 0) is 6.42 Å². The van der Waals surface area contributed by atoms with Crippen LogP contribution in [0.5, 0.6) is 11.5 Å². The lowest BCUT2D eigenvalue weighted by molar-refractivity contribution is 0.252. The maximum absolute atomic E-state index is 11.7. The number of nitrogens with one attached hydrogen (secondary N) is 2. The molecule has 1 aromatic carbocycles. The van der Waals surface area contributed by atoms with Crippen molar-refractivity contribution < 1.29 is 18.8 Å². The molecule has 0 aliphatic carbocycles. The summed E-state index contributed by atoms with van der Waals surface area (Å²) in [7, 11) is 0.